The third-order valence-electron chi connectivity index (χ3n) is 4.35. The summed E-state index contributed by atoms with van der Waals surface area (Å²) >= 11 is 6.34. The normalized spacial score (nSPS) is 15.1. The van der Waals surface area contributed by atoms with E-state index in [1.54, 1.807) is 6.08 Å². The minimum atomic E-state index is -2.96. The molecule has 0 aliphatic rings. The van der Waals surface area contributed by atoms with Crippen LogP contribution in [0.3, 0.4) is 0 Å². The zero-order valence-corrected chi connectivity index (χ0v) is 16.2. The van der Waals surface area contributed by atoms with Crippen LogP contribution in [0.1, 0.15) is 57.2 Å². The molecule has 6 heteroatoms. The van der Waals surface area contributed by atoms with E-state index in [0.717, 1.165) is 37.5 Å². The summed E-state index contributed by atoms with van der Waals surface area (Å²) in [6, 6.07) is 0. The van der Waals surface area contributed by atoms with E-state index in [-0.39, 0.29) is 11.6 Å². The first-order valence-electron chi connectivity index (χ1n) is 8.46. The number of H-pyrrole nitrogens is 1. The Morgan fingerprint density at radius 2 is 2.20 bits per heavy atom. The molecule has 0 aromatic carbocycles. The molecule has 1 heterocycles. The van der Waals surface area contributed by atoms with Crippen LogP contribution in [0.25, 0.3) is 0 Å². The lowest BCUT2D eigenvalue weighted by Crippen LogP contribution is -2.15. The van der Waals surface area contributed by atoms with Crippen LogP contribution in [-0.2, 0) is 5.92 Å². The number of halogens is 3. The van der Waals surface area contributed by atoms with Crippen LogP contribution in [0.15, 0.2) is 41.1 Å². The van der Waals surface area contributed by atoms with E-state index in [2.05, 4.69) is 22.1 Å². The van der Waals surface area contributed by atoms with E-state index in [1.165, 1.54) is 6.20 Å². The number of allylic oxidation sites excluding steroid dienone is 5. The molecule has 0 saturated heterocycles. The highest BCUT2D eigenvalue weighted by Crippen LogP contribution is 2.38. The van der Waals surface area contributed by atoms with Gasteiger partial charge in [0.05, 0.1) is 6.20 Å². The lowest BCUT2D eigenvalue weighted by Gasteiger charge is -2.22. The van der Waals surface area contributed by atoms with Crippen LogP contribution < -0.4 is 5.32 Å². The van der Waals surface area contributed by atoms with Crippen LogP contribution in [0.4, 0.5) is 8.78 Å². The first kappa shape index (κ1) is 21.6. The van der Waals surface area contributed by atoms with Crippen LogP contribution in [0.5, 0.6) is 0 Å². The third-order valence-corrected chi connectivity index (χ3v) is 4.74. The molecule has 0 aliphatic heterocycles. The van der Waals surface area contributed by atoms with Crippen LogP contribution in [-0.4, -0.2) is 23.8 Å². The van der Waals surface area contributed by atoms with Crippen molar-refractivity contribution in [3.63, 3.8) is 0 Å². The molecule has 0 saturated carbocycles. The minimum absolute atomic E-state index is 0.105. The van der Waals surface area contributed by atoms with Crippen molar-refractivity contribution in [1.82, 2.24) is 15.5 Å². The molecule has 1 atom stereocenters. The van der Waals surface area contributed by atoms with Crippen molar-refractivity contribution < 1.29 is 8.78 Å². The molecule has 3 nitrogen and oxygen atoms in total. The SMILES string of the molecule is C=C/C(Cl)=C(CC(CCCNC)c1cn[nH]c1C(C)(F)F)\C(C)=C/C. The van der Waals surface area contributed by atoms with Crippen molar-refractivity contribution in [3.8, 4) is 0 Å². The Kier molecular flexibility index (Phi) is 8.53. The molecule has 0 radical (unpaired) electrons. The van der Waals surface area contributed by atoms with Crippen LogP contribution in [0.2, 0.25) is 0 Å². The van der Waals surface area contributed by atoms with E-state index < -0.39 is 5.92 Å². The fourth-order valence-corrected chi connectivity index (χ4v) is 3.07. The Labute approximate surface area is 154 Å². The fourth-order valence-electron chi connectivity index (χ4n) is 2.84. The monoisotopic (exact) mass is 371 g/mol. The van der Waals surface area contributed by atoms with Crippen molar-refractivity contribution in [2.24, 2.45) is 0 Å². The predicted octanol–water partition coefficient (Wildman–Crippen LogP) is 5.64. The first-order valence-corrected chi connectivity index (χ1v) is 8.84. The summed E-state index contributed by atoms with van der Waals surface area (Å²) in [7, 11) is 1.88. The van der Waals surface area contributed by atoms with Gasteiger partial charge in [-0.1, -0.05) is 35.9 Å². The van der Waals surface area contributed by atoms with Gasteiger partial charge >= 0.3 is 0 Å². The zero-order valence-electron chi connectivity index (χ0n) is 15.4. The number of aromatic nitrogens is 2. The van der Waals surface area contributed by atoms with Gasteiger partial charge in [-0.25, -0.2) is 0 Å². The third kappa shape index (κ3) is 6.08. The van der Waals surface area contributed by atoms with Gasteiger partial charge in [0.25, 0.3) is 5.92 Å². The second-order valence-electron chi connectivity index (χ2n) is 6.24. The van der Waals surface area contributed by atoms with Crippen LogP contribution in [0, 0.1) is 0 Å². The Morgan fingerprint density at radius 1 is 1.52 bits per heavy atom. The molecule has 140 valence electrons. The molecular weight excluding hydrogens is 344 g/mol. The van der Waals surface area contributed by atoms with Crippen molar-refractivity contribution in [1.29, 1.82) is 0 Å². The predicted molar refractivity (Wildman–Crippen MR) is 101 cm³/mol. The largest absolute Gasteiger partial charge is 0.320 e. The maximum Gasteiger partial charge on any atom is 0.286 e. The molecule has 0 bridgehead atoms. The Hall–Kier alpha value is -1.46. The Morgan fingerprint density at radius 3 is 2.72 bits per heavy atom. The van der Waals surface area contributed by atoms with Crippen molar-refractivity contribution in [2.45, 2.75) is 51.9 Å². The average Bonchev–Trinajstić information content (AvgIpc) is 3.06. The van der Waals surface area contributed by atoms with E-state index in [4.69, 9.17) is 11.6 Å². The highest BCUT2D eigenvalue weighted by Gasteiger charge is 2.32. The van der Waals surface area contributed by atoms with Gasteiger partial charge in [-0.2, -0.15) is 13.9 Å². The summed E-state index contributed by atoms with van der Waals surface area (Å²) in [5.74, 6) is -3.07. The Balaban J connectivity index is 3.26. The molecule has 1 aromatic rings. The van der Waals surface area contributed by atoms with Gasteiger partial charge in [0.1, 0.15) is 5.69 Å². The van der Waals surface area contributed by atoms with Crippen molar-refractivity contribution >= 4 is 11.6 Å². The summed E-state index contributed by atoms with van der Waals surface area (Å²) < 4.78 is 27.9. The number of alkyl halides is 2. The smallest absolute Gasteiger partial charge is 0.286 e. The van der Waals surface area contributed by atoms with E-state index in [1.807, 2.05) is 27.0 Å². The number of nitrogens with one attached hydrogen (secondary N) is 2. The number of rotatable bonds is 10. The summed E-state index contributed by atoms with van der Waals surface area (Å²) in [5, 5.41) is 10.0. The molecule has 1 aromatic heterocycles. The summed E-state index contributed by atoms with van der Waals surface area (Å²) in [4.78, 5) is 0. The molecular formula is C19H28ClF2N3. The number of hydrogen-bond donors (Lipinski definition) is 2. The van der Waals surface area contributed by atoms with Gasteiger partial charge in [0.2, 0.25) is 0 Å². The number of nitrogens with zero attached hydrogens (tertiary/aromatic N) is 1. The second kappa shape index (κ2) is 9.88. The van der Waals surface area contributed by atoms with Gasteiger partial charge in [0, 0.05) is 17.5 Å². The topological polar surface area (TPSA) is 40.7 Å². The maximum atomic E-state index is 13.9. The Bertz CT molecular complexity index is 627. The highest BCUT2D eigenvalue weighted by atomic mass is 35.5. The minimum Gasteiger partial charge on any atom is -0.320 e. The van der Waals surface area contributed by atoms with E-state index in [0.29, 0.717) is 17.0 Å². The lowest BCUT2D eigenvalue weighted by molar-refractivity contribution is 0.0114. The second-order valence-corrected chi connectivity index (χ2v) is 6.65. The van der Waals surface area contributed by atoms with Crippen LogP contribution >= 0.6 is 11.6 Å². The van der Waals surface area contributed by atoms with E-state index >= 15 is 0 Å². The number of hydrogen-bond acceptors (Lipinski definition) is 2. The average molecular weight is 372 g/mol. The summed E-state index contributed by atoms with van der Waals surface area (Å²) in [6.45, 7) is 9.35. The van der Waals surface area contributed by atoms with Crippen molar-refractivity contribution in [2.75, 3.05) is 13.6 Å². The molecule has 1 rings (SSSR count). The summed E-state index contributed by atoms with van der Waals surface area (Å²) in [5.41, 5.74) is 2.39. The fraction of sp³-hybridized carbons (Fsp3) is 0.526. The van der Waals surface area contributed by atoms with Gasteiger partial charge < -0.3 is 5.32 Å². The van der Waals surface area contributed by atoms with Gasteiger partial charge in [-0.3, -0.25) is 5.10 Å². The molecule has 0 amide bonds. The number of aromatic amines is 1. The molecule has 0 spiro atoms. The zero-order chi connectivity index (χ0) is 19.0. The molecule has 0 fully saturated rings. The summed E-state index contributed by atoms with van der Waals surface area (Å²) in [6.07, 6.45) is 7.27. The molecule has 25 heavy (non-hydrogen) atoms. The van der Waals surface area contributed by atoms with Gasteiger partial charge in [0.15, 0.2) is 0 Å². The lowest BCUT2D eigenvalue weighted by atomic mass is 9.85. The first-order chi connectivity index (χ1) is 11.8. The highest BCUT2D eigenvalue weighted by molar-refractivity contribution is 6.31. The van der Waals surface area contributed by atoms with Gasteiger partial charge in [-0.05, 0) is 58.2 Å². The molecule has 0 aliphatic carbocycles. The maximum absolute atomic E-state index is 13.9. The van der Waals surface area contributed by atoms with E-state index in [9.17, 15) is 8.78 Å². The van der Waals surface area contributed by atoms with Gasteiger partial charge in [-0.15, -0.1) is 0 Å². The standard InChI is InChI=1S/C19H28ClF2N3/c1-6-13(3)15(17(20)7-2)11-14(9-8-10-23-5)16-12-24-25-18(16)19(4,21)22/h6-7,12,14,23H,2,8-11H2,1,3-5H3,(H,24,25)/b13-6-,17-15+. The quantitative estimate of drug-likeness (QED) is 0.412. The molecule has 1 unspecified atom stereocenters. The van der Waals surface area contributed by atoms with Crippen molar-refractivity contribution in [3.05, 3.63) is 52.4 Å². The molecule has 2 N–H and O–H groups in total.